The molecule has 0 spiro atoms. The fraction of sp³-hybridized carbons (Fsp3) is 0.0667. The number of fused-ring (bicyclic) bond motifs is 1. The lowest BCUT2D eigenvalue weighted by molar-refractivity contribution is 0.628. The molecule has 0 bridgehead atoms. The summed E-state index contributed by atoms with van der Waals surface area (Å²) in [6.45, 7) is 0. The maximum absolute atomic E-state index is 13.6. The zero-order chi connectivity index (χ0) is 15.0. The second-order valence-electron chi connectivity index (χ2n) is 4.41. The largest absolute Gasteiger partial charge is 0.373 e. The molecule has 0 unspecified atom stereocenters. The minimum atomic E-state index is -0.505. The van der Waals surface area contributed by atoms with Gasteiger partial charge in [-0.25, -0.2) is 14.4 Å². The lowest BCUT2D eigenvalue weighted by Crippen LogP contribution is -1.99. The molecule has 0 saturated heterocycles. The van der Waals surface area contributed by atoms with Crippen molar-refractivity contribution in [3.63, 3.8) is 0 Å². The molecule has 106 valence electrons. The number of nitrogens with zero attached hydrogens (tertiary/aromatic N) is 2. The quantitative estimate of drug-likeness (QED) is 0.737. The van der Waals surface area contributed by atoms with Gasteiger partial charge in [0.1, 0.15) is 11.6 Å². The van der Waals surface area contributed by atoms with Crippen LogP contribution in [0.4, 0.5) is 10.2 Å². The van der Waals surface area contributed by atoms with Crippen LogP contribution in [0.3, 0.4) is 0 Å². The molecule has 0 saturated carbocycles. The summed E-state index contributed by atoms with van der Waals surface area (Å²) in [7, 11) is 1.76. The highest BCUT2D eigenvalue weighted by Gasteiger charge is 2.13. The van der Waals surface area contributed by atoms with E-state index in [1.165, 1.54) is 6.07 Å². The molecular weight excluding hydrogens is 312 g/mol. The van der Waals surface area contributed by atoms with Gasteiger partial charge in [0.2, 0.25) is 0 Å². The summed E-state index contributed by atoms with van der Waals surface area (Å²) in [5.41, 5.74) is 1.10. The fourth-order valence-corrected chi connectivity index (χ4v) is 2.47. The van der Waals surface area contributed by atoms with Crippen molar-refractivity contribution in [1.82, 2.24) is 9.97 Å². The first-order valence-corrected chi connectivity index (χ1v) is 6.95. The summed E-state index contributed by atoms with van der Waals surface area (Å²) in [5.74, 6) is 0.473. The molecule has 3 aromatic rings. The van der Waals surface area contributed by atoms with Crippen molar-refractivity contribution in [2.75, 3.05) is 12.4 Å². The van der Waals surface area contributed by atoms with Crippen LogP contribution in [0.25, 0.3) is 22.3 Å². The van der Waals surface area contributed by atoms with Crippen LogP contribution in [-0.4, -0.2) is 17.0 Å². The van der Waals surface area contributed by atoms with E-state index in [-0.39, 0.29) is 5.02 Å². The van der Waals surface area contributed by atoms with Gasteiger partial charge in [-0.05, 0) is 30.3 Å². The molecule has 3 rings (SSSR count). The Morgan fingerprint density at radius 1 is 1.10 bits per heavy atom. The molecule has 0 fully saturated rings. The highest BCUT2D eigenvalue weighted by atomic mass is 35.5. The Morgan fingerprint density at radius 2 is 1.90 bits per heavy atom. The van der Waals surface area contributed by atoms with Crippen molar-refractivity contribution in [3.8, 4) is 11.4 Å². The Hall–Kier alpha value is -1.91. The second kappa shape index (κ2) is 5.47. The first kappa shape index (κ1) is 14.0. The SMILES string of the molecule is CNc1nc(-c2cccc(F)c2Cl)nc2cc(Cl)ccc12. The van der Waals surface area contributed by atoms with Crippen molar-refractivity contribution in [2.45, 2.75) is 0 Å². The van der Waals surface area contributed by atoms with Crippen LogP contribution in [0, 0.1) is 5.82 Å². The van der Waals surface area contributed by atoms with Gasteiger partial charge in [-0.3, -0.25) is 0 Å². The minimum absolute atomic E-state index is 0.000862. The van der Waals surface area contributed by atoms with Crippen molar-refractivity contribution in [2.24, 2.45) is 0 Å². The lowest BCUT2D eigenvalue weighted by atomic mass is 10.1. The summed E-state index contributed by atoms with van der Waals surface area (Å²) < 4.78 is 13.6. The molecule has 0 atom stereocenters. The summed E-state index contributed by atoms with van der Waals surface area (Å²) in [5, 5.41) is 4.40. The smallest absolute Gasteiger partial charge is 0.163 e. The second-order valence-corrected chi connectivity index (χ2v) is 5.22. The number of anilines is 1. The lowest BCUT2D eigenvalue weighted by Gasteiger charge is -2.09. The predicted octanol–water partition coefficient (Wildman–Crippen LogP) is 4.78. The fourth-order valence-electron chi connectivity index (χ4n) is 2.09. The Bertz CT molecular complexity index is 837. The molecule has 6 heteroatoms. The number of nitrogens with one attached hydrogen (secondary N) is 1. The third kappa shape index (κ3) is 2.52. The van der Waals surface area contributed by atoms with Gasteiger partial charge in [0.15, 0.2) is 5.82 Å². The molecule has 0 radical (unpaired) electrons. The van der Waals surface area contributed by atoms with Crippen LogP contribution < -0.4 is 5.32 Å². The summed E-state index contributed by atoms with van der Waals surface area (Å²) >= 11 is 12.0. The maximum atomic E-state index is 13.6. The van der Waals surface area contributed by atoms with Crippen LogP contribution in [0.15, 0.2) is 36.4 Å². The van der Waals surface area contributed by atoms with E-state index in [2.05, 4.69) is 15.3 Å². The molecule has 0 aliphatic carbocycles. The molecule has 1 N–H and O–H groups in total. The number of hydrogen-bond acceptors (Lipinski definition) is 3. The van der Waals surface area contributed by atoms with Crippen LogP contribution in [0.5, 0.6) is 0 Å². The highest BCUT2D eigenvalue weighted by Crippen LogP contribution is 2.31. The Kier molecular flexibility index (Phi) is 3.66. The Labute approximate surface area is 130 Å². The summed E-state index contributed by atoms with van der Waals surface area (Å²) in [6, 6.07) is 9.87. The van der Waals surface area contributed by atoms with Gasteiger partial charge >= 0.3 is 0 Å². The molecule has 0 amide bonds. The van der Waals surface area contributed by atoms with E-state index in [0.717, 1.165) is 5.39 Å². The first-order chi connectivity index (χ1) is 10.1. The summed E-state index contributed by atoms with van der Waals surface area (Å²) in [6.07, 6.45) is 0. The van der Waals surface area contributed by atoms with Crippen LogP contribution >= 0.6 is 23.2 Å². The zero-order valence-electron chi connectivity index (χ0n) is 11.0. The van der Waals surface area contributed by atoms with E-state index >= 15 is 0 Å². The van der Waals surface area contributed by atoms with Gasteiger partial charge in [0.05, 0.1) is 10.5 Å². The van der Waals surface area contributed by atoms with Crippen molar-refractivity contribution in [1.29, 1.82) is 0 Å². The summed E-state index contributed by atoms with van der Waals surface area (Å²) in [4.78, 5) is 8.84. The predicted molar refractivity (Wildman–Crippen MR) is 84.5 cm³/mol. The standard InChI is InChI=1S/C15H10Cl2FN3/c1-19-14-9-6-5-8(16)7-12(9)20-15(21-14)10-3-2-4-11(18)13(10)17/h2-7H,1H3,(H,19,20,21). The molecule has 0 aliphatic heterocycles. The highest BCUT2D eigenvalue weighted by molar-refractivity contribution is 6.33. The van der Waals surface area contributed by atoms with Crippen molar-refractivity contribution in [3.05, 3.63) is 52.3 Å². The van der Waals surface area contributed by atoms with Gasteiger partial charge in [0, 0.05) is 23.0 Å². The zero-order valence-corrected chi connectivity index (χ0v) is 12.5. The van der Waals surface area contributed by atoms with Crippen LogP contribution in [0.1, 0.15) is 0 Å². The topological polar surface area (TPSA) is 37.8 Å². The van der Waals surface area contributed by atoms with Gasteiger partial charge in [0.25, 0.3) is 0 Å². The van der Waals surface area contributed by atoms with E-state index in [9.17, 15) is 4.39 Å². The molecular formula is C15H10Cl2FN3. The first-order valence-electron chi connectivity index (χ1n) is 6.19. The van der Waals surface area contributed by atoms with Gasteiger partial charge in [-0.1, -0.05) is 29.3 Å². The van der Waals surface area contributed by atoms with Crippen LogP contribution in [0.2, 0.25) is 10.0 Å². The molecule has 0 aliphatic rings. The monoisotopic (exact) mass is 321 g/mol. The minimum Gasteiger partial charge on any atom is -0.373 e. The molecule has 2 aromatic carbocycles. The molecule has 3 nitrogen and oxygen atoms in total. The van der Waals surface area contributed by atoms with Crippen molar-refractivity contribution < 1.29 is 4.39 Å². The van der Waals surface area contributed by atoms with Gasteiger partial charge < -0.3 is 5.32 Å². The number of rotatable bonds is 2. The number of halogens is 3. The van der Waals surface area contributed by atoms with Gasteiger partial charge in [-0.2, -0.15) is 0 Å². The van der Waals surface area contributed by atoms with E-state index in [1.54, 1.807) is 31.3 Å². The van der Waals surface area contributed by atoms with E-state index in [0.29, 0.717) is 27.7 Å². The van der Waals surface area contributed by atoms with Gasteiger partial charge in [-0.15, -0.1) is 0 Å². The average molecular weight is 322 g/mol. The maximum Gasteiger partial charge on any atom is 0.163 e. The van der Waals surface area contributed by atoms with Crippen molar-refractivity contribution >= 4 is 39.9 Å². The number of benzene rings is 2. The number of aromatic nitrogens is 2. The molecule has 1 aromatic heterocycles. The normalized spacial score (nSPS) is 10.9. The van der Waals surface area contributed by atoms with Crippen LogP contribution in [-0.2, 0) is 0 Å². The Balaban J connectivity index is 2.30. The van der Waals surface area contributed by atoms with E-state index < -0.39 is 5.82 Å². The van der Waals surface area contributed by atoms with E-state index in [1.807, 2.05) is 6.07 Å². The molecule has 1 heterocycles. The third-order valence-electron chi connectivity index (χ3n) is 3.09. The molecule has 21 heavy (non-hydrogen) atoms. The average Bonchev–Trinajstić information content (AvgIpc) is 2.48. The third-order valence-corrected chi connectivity index (χ3v) is 3.71. The Morgan fingerprint density at radius 3 is 2.67 bits per heavy atom. The van der Waals surface area contributed by atoms with E-state index in [4.69, 9.17) is 23.2 Å². The number of hydrogen-bond donors (Lipinski definition) is 1.